The standard InChI is InChI=1S/C15H14O2.C4H7N/c1-9(2)12-8-11(4-5-14(12)16)17-15-6-3-10-7-13(10)15;1-4(2)3-5/h3-9,16H,1-2H3;4H,1-2H3. The third kappa shape index (κ3) is 3.79. The molecule has 3 rings (SSSR count). The first-order valence-electron chi connectivity index (χ1n) is 7.47. The fourth-order valence-electron chi connectivity index (χ4n) is 2.00. The Balaban J connectivity index is 0.000000309. The van der Waals surface area contributed by atoms with Crippen molar-refractivity contribution in [3.05, 3.63) is 42.0 Å². The molecule has 2 aliphatic carbocycles. The smallest absolute Gasteiger partial charge is 0.135 e. The van der Waals surface area contributed by atoms with Gasteiger partial charge in [0.05, 0.1) is 6.07 Å². The Morgan fingerprint density at radius 1 is 1.05 bits per heavy atom. The molecule has 1 aromatic rings. The number of benzene rings is 2. The van der Waals surface area contributed by atoms with E-state index in [-0.39, 0.29) is 11.8 Å². The zero-order valence-electron chi connectivity index (χ0n) is 13.4. The molecule has 0 heterocycles. The average Bonchev–Trinajstić information content (AvgIpc) is 3.16. The predicted molar refractivity (Wildman–Crippen MR) is 88.2 cm³/mol. The van der Waals surface area contributed by atoms with Crippen molar-refractivity contribution >= 4 is 0 Å². The van der Waals surface area contributed by atoms with Gasteiger partial charge < -0.3 is 9.84 Å². The third-order valence-electron chi connectivity index (χ3n) is 3.31. The van der Waals surface area contributed by atoms with E-state index in [9.17, 15) is 5.11 Å². The number of aromatic hydroxyl groups is 1. The lowest BCUT2D eigenvalue weighted by atomic mass is 10.0. The molecule has 0 atom stereocenters. The molecule has 3 heteroatoms. The zero-order valence-corrected chi connectivity index (χ0v) is 13.4. The van der Waals surface area contributed by atoms with Crippen LogP contribution >= 0.6 is 0 Å². The van der Waals surface area contributed by atoms with Gasteiger partial charge in [-0.3, -0.25) is 0 Å². The highest BCUT2D eigenvalue weighted by Crippen LogP contribution is 2.45. The number of nitriles is 1. The molecule has 22 heavy (non-hydrogen) atoms. The van der Waals surface area contributed by atoms with Crippen molar-refractivity contribution in [3.8, 4) is 34.4 Å². The summed E-state index contributed by atoms with van der Waals surface area (Å²) in [5.41, 5.74) is 3.38. The number of hydrogen-bond acceptors (Lipinski definition) is 3. The molecule has 0 saturated heterocycles. The van der Waals surface area contributed by atoms with Crippen LogP contribution in [0.2, 0.25) is 0 Å². The van der Waals surface area contributed by atoms with Crippen LogP contribution in [0.3, 0.4) is 0 Å². The fourth-order valence-corrected chi connectivity index (χ4v) is 2.00. The van der Waals surface area contributed by atoms with Gasteiger partial charge in [-0.25, -0.2) is 0 Å². The van der Waals surface area contributed by atoms with Crippen molar-refractivity contribution in [2.75, 3.05) is 0 Å². The van der Waals surface area contributed by atoms with Crippen molar-refractivity contribution < 1.29 is 9.84 Å². The first kappa shape index (κ1) is 15.9. The summed E-state index contributed by atoms with van der Waals surface area (Å²) in [7, 11) is 0. The van der Waals surface area contributed by atoms with Crippen LogP contribution in [0.1, 0.15) is 39.2 Å². The second-order valence-corrected chi connectivity index (χ2v) is 5.97. The number of fused-ring (bicyclic) bond motifs is 1. The molecule has 0 aromatic heterocycles. The minimum absolute atomic E-state index is 0.190. The van der Waals surface area contributed by atoms with Gasteiger partial charge in [-0.15, -0.1) is 0 Å². The van der Waals surface area contributed by atoms with Gasteiger partial charge in [0, 0.05) is 17.0 Å². The van der Waals surface area contributed by atoms with E-state index in [0.717, 1.165) is 17.1 Å². The molecule has 0 bridgehead atoms. The predicted octanol–water partition coefficient (Wildman–Crippen LogP) is 5.45. The minimum Gasteiger partial charge on any atom is -0.508 e. The molecular formula is C19H21NO2. The Hall–Kier alpha value is -2.47. The number of nitrogens with zero attached hydrogens (tertiary/aromatic N) is 1. The highest BCUT2D eigenvalue weighted by atomic mass is 16.5. The molecule has 0 aliphatic heterocycles. The number of rotatable bonds is 3. The second kappa shape index (κ2) is 6.53. The van der Waals surface area contributed by atoms with Crippen molar-refractivity contribution in [1.82, 2.24) is 0 Å². The molecule has 0 amide bonds. The topological polar surface area (TPSA) is 53.2 Å². The molecule has 1 aromatic carbocycles. The van der Waals surface area contributed by atoms with E-state index in [2.05, 4.69) is 26.0 Å². The molecule has 0 radical (unpaired) electrons. The van der Waals surface area contributed by atoms with Gasteiger partial charge in [0.2, 0.25) is 0 Å². The Labute approximate surface area is 131 Å². The highest BCUT2D eigenvalue weighted by molar-refractivity contribution is 5.87. The van der Waals surface area contributed by atoms with Crippen LogP contribution in [-0.4, -0.2) is 5.11 Å². The van der Waals surface area contributed by atoms with Crippen LogP contribution in [0.4, 0.5) is 0 Å². The van der Waals surface area contributed by atoms with Crippen molar-refractivity contribution in [2.24, 2.45) is 5.92 Å². The van der Waals surface area contributed by atoms with Gasteiger partial charge in [-0.1, -0.05) is 19.9 Å². The lowest BCUT2D eigenvalue weighted by molar-refractivity contribution is 0.455. The molecule has 3 nitrogen and oxygen atoms in total. The minimum atomic E-state index is 0.190. The lowest BCUT2D eigenvalue weighted by Gasteiger charge is -2.11. The Bertz CT molecular complexity index is 712. The molecular weight excluding hydrogens is 274 g/mol. The van der Waals surface area contributed by atoms with E-state index in [0.29, 0.717) is 5.75 Å². The number of ether oxygens (including phenoxy) is 1. The first-order valence-corrected chi connectivity index (χ1v) is 7.47. The molecule has 0 saturated carbocycles. The summed E-state index contributed by atoms with van der Waals surface area (Å²) in [4.78, 5) is 0. The monoisotopic (exact) mass is 295 g/mol. The maximum Gasteiger partial charge on any atom is 0.135 e. The largest absolute Gasteiger partial charge is 0.508 e. The van der Waals surface area contributed by atoms with E-state index < -0.39 is 0 Å². The van der Waals surface area contributed by atoms with Crippen LogP contribution in [0.5, 0.6) is 17.2 Å². The van der Waals surface area contributed by atoms with Crippen LogP contribution in [0.15, 0.2) is 36.4 Å². The van der Waals surface area contributed by atoms with Crippen LogP contribution in [0.25, 0.3) is 11.1 Å². The number of phenolic OH excluding ortho intramolecular Hbond substituents is 1. The van der Waals surface area contributed by atoms with Crippen LogP contribution < -0.4 is 4.74 Å². The fraction of sp³-hybridized carbons (Fsp3) is 0.316. The highest BCUT2D eigenvalue weighted by Gasteiger charge is 2.19. The maximum atomic E-state index is 9.73. The molecule has 1 N–H and O–H groups in total. The summed E-state index contributed by atoms with van der Waals surface area (Å²) in [6.07, 6.45) is 0. The molecule has 0 spiro atoms. The summed E-state index contributed by atoms with van der Waals surface area (Å²) < 4.78 is 5.80. The van der Waals surface area contributed by atoms with Crippen molar-refractivity contribution in [2.45, 2.75) is 33.6 Å². The molecule has 2 aliphatic rings. The molecule has 114 valence electrons. The number of hydrogen-bond donors (Lipinski definition) is 1. The summed E-state index contributed by atoms with van der Waals surface area (Å²) in [5.74, 6) is 2.48. The van der Waals surface area contributed by atoms with Gasteiger partial charge in [0.1, 0.15) is 17.2 Å². The normalized spacial score (nSPS) is 10.8. The van der Waals surface area contributed by atoms with Crippen LogP contribution in [-0.2, 0) is 0 Å². The van der Waals surface area contributed by atoms with Gasteiger partial charge in [-0.05, 0) is 55.7 Å². The Morgan fingerprint density at radius 2 is 1.73 bits per heavy atom. The van der Waals surface area contributed by atoms with Gasteiger partial charge in [-0.2, -0.15) is 5.26 Å². The van der Waals surface area contributed by atoms with Gasteiger partial charge in [0.25, 0.3) is 0 Å². The Kier molecular flexibility index (Phi) is 4.72. The first-order chi connectivity index (χ1) is 10.4. The van der Waals surface area contributed by atoms with Gasteiger partial charge in [0.15, 0.2) is 0 Å². The van der Waals surface area contributed by atoms with Gasteiger partial charge >= 0.3 is 0 Å². The van der Waals surface area contributed by atoms with E-state index in [1.807, 2.05) is 32.0 Å². The van der Waals surface area contributed by atoms with Crippen molar-refractivity contribution in [1.29, 1.82) is 5.26 Å². The second-order valence-electron chi connectivity index (χ2n) is 5.97. The van der Waals surface area contributed by atoms with Crippen molar-refractivity contribution in [3.63, 3.8) is 0 Å². The van der Waals surface area contributed by atoms with E-state index in [1.54, 1.807) is 12.1 Å². The summed E-state index contributed by atoms with van der Waals surface area (Å²) in [5, 5.41) is 17.6. The third-order valence-corrected chi connectivity index (χ3v) is 3.31. The van der Waals surface area contributed by atoms with E-state index in [1.165, 1.54) is 11.1 Å². The van der Waals surface area contributed by atoms with E-state index in [4.69, 9.17) is 10.00 Å². The molecule has 0 fully saturated rings. The molecule has 0 unspecified atom stereocenters. The number of phenols is 1. The summed E-state index contributed by atoms with van der Waals surface area (Å²) >= 11 is 0. The zero-order chi connectivity index (χ0) is 16.3. The van der Waals surface area contributed by atoms with Crippen LogP contribution in [0, 0.1) is 17.2 Å². The summed E-state index contributed by atoms with van der Waals surface area (Å²) in [6, 6.07) is 13.5. The summed E-state index contributed by atoms with van der Waals surface area (Å²) in [6.45, 7) is 7.83. The Morgan fingerprint density at radius 3 is 2.18 bits per heavy atom. The van der Waals surface area contributed by atoms with E-state index >= 15 is 0 Å². The lowest BCUT2D eigenvalue weighted by Crippen LogP contribution is -1.90. The quantitative estimate of drug-likeness (QED) is 0.698. The average molecular weight is 295 g/mol. The maximum absolute atomic E-state index is 9.73. The SMILES string of the molecule is CC(C)C#N.CC(C)c1cc(Oc2ccc3cc2-3)ccc1O.